The van der Waals surface area contributed by atoms with Crippen LogP contribution in [-0.2, 0) is 4.79 Å². The van der Waals surface area contributed by atoms with E-state index in [1.54, 1.807) is 17.2 Å². The minimum Gasteiger partial charge on any atom is -0.335 e. The Hall–Kier alpha value is -5.10. The Kier molecular flexibility index (Phi) is 8.83. The predicted molar refractivity (Wildman–Crippen MR) is 178 cm³/mol. The number of amides is 1. The molecular weight excluding hydrogens is 579 g/mol. The van der Waals surface area contributed by atoms with Crippen molar-refractivity contribution < 1.29 is 4.79 Å². The van der Waals surface area contributed by atoms with Crippen molar-refractivity contribution in [1.82, 2.24) is 19.4 Å². The molecule has 3 aromatic carbocycles. The largest absolute Gasteiger partial charge is 0.335 e. The first-order valence-corrected chi connectivity index (χ1v) is 15.8. The van der Waals surface area contributed by atoms with Crippen LogP contribution < -0.4 is 14.8 Å². The van der Waals surface area contributed by atoms with Crippen LogP contribution in [0.4, 0.5) is 0 Å². The topological polar surface area (TPSA) is 82.2 Å². The van der Waals surface area contributed by atoms with E-state index < -0.39 is 0 Å². The molecule has 45 heavy (non-hydrogen) atoms. The minimum atomic E-state index is -0.364. The van der Waals surface area contributed by atoms with Crippen LogP contribution >= 0.6 is 11.3 Å². The second-order valence-electron chi connectivity index (χ2n) is 11.1. The quantitative estimate of drug-likeness (QED) is 0.285. The van der Waals surface area contributed by atoms with Gasteiger partial charge < -0.3 is 4.90 Å². The zero-order valence-electron chi connectivity index (χ0n) is 25.3. The third-order valence-corrected chi connectivity index (χ3v) is 9.37. The van der Waals surface area contributed by atoms with Crippen molar-refractivity contribution in [2.24, 2.45) is 0 Å². The molecule has 0 aliphatic carbocycles. The minimum absolute atomic E-state index is 0.0351. The highest BCUT2D eigenvalue weighted by Gasteiger charge is 2.30. The summed E-state index contributed by atoms with van der Waals surface area (Å²) in [5.74, 6) is -0.364. The highest BCUT2D eigenvalue weighted by atomic mass is 32.1. The number of aryl methyl sites for hydroxylation is 2. The number of nitrogens with zero attached hydrogens (tertiary/aromatic N) is 5. The van der Waals surface area contributed by atoms with Crippen LogP contribution in [0.15, 0.2) is 108 Å². The highest BCUT2D eigenvalue weighted by Crippen LogP contribution is 2.29. The van der Waals surface area contributed by atoms with Crippen LogP contribution in [0.5, 0.6) is 0 Å². The standard InChI is InChI=1S/C37H33N5O2S/c1-26-16-17-31(23-27(26)2)42-36(44)33(24-30-15-9-10-18-39-30)45-37(42)32(25-38)35(43)41-21-19-40(20-22-41)34(28-11-5-3-6-12-28)29-13-7-4-8-14-29/h3-18,23-24,34H,19-22H2,1-2H3/b33-24+,37-32-. The molecule has 3 heterocycles. The second kappa shape index (κ2) is 13.3. The number of thiazole rings is 1. The number of carbonyl (C=O) groups is 1. The zero-order chi connectivity index (χ0) is 31.3. The van der Waals surface area contributed by atoms with Crippen molar-refractivity contribution in [1.29, 1.82) is 5.26 Å². The first-order chi connectivity index (χ1) is 21.9. The summed E-state index contributed by atoms with van der Waals surface area (Å²) in [6.07, 6.45) is 3.37. The molecule has 6 rings (SSSR count). The van der Waals surface area contributed by atoms with Gasteiger partial charge in [-0.15, -0.1) is 11.3 Å². The molecule has 0 spiro atoms. The fraction of sp³-hybridized carbons (Fsp3) is 0.189. The number of aromatic nitrogens is 2. The molecule has 0 radical (unpaired) electrons. The normalized spacial score (nSPS) is 14.8. The predicted octanol–water partition coefficient (Wildman–Crippen LogP) is 4.35. The Bertz CT molecular complexity index is 2000. The van der Waals surface area contributed by atoms with Crippen LogP contribution in [0.3, 0.4) is 0 Å². The van der Waals surface area contributed by atoms with Gasteiger partial charge in [0.05, 0.1) is 22.0 Å². The maximum atomic E-state index is 14.0. The second-order valence-corrected chi connectivity index (χ2v) is 12.1. The Balaban J connectivity index is 1.37. The first-order valence-electron chi connectivity index (χ1n) is 14.9. The first kappa shape index (κ1) is 29.9. The van der Waals surface area contributed by atoms with Gasteiger partial charge in [-0.1, -0.05) is 72.8 Å². The van der Waals surface area contributed by atoms with Gasteiger partial charge in [0.2, 0.25) is 0 Å². The lowest BCUT2D eigenvalue weighted by atomic mass is 9.96. The maximum absolute atomic E-state index is 14.0. The maximum Gasteiger partial charge on any atom is 0.273 e. The fourth-order valence-corrected chi connectivity index (χ4v) is 6.84. The smallest absolute Gasteiger partial charge is 0.273 e. The van der Waals surface area contributed by atoms with E-state index in [1.807, 2.05) is 62.4 Å². The highest BCUT2D eigenvalue weighted by molar-refractivity contribution is 7.07. The molecule has 224 valence electrons. The molecule has 0 N–H and O–H groups in total. The number of hydrogen-bond acceptors (Lipinski definition) is 6. The van der Waals surface area contributed by atoms with Crippen molar-refractivity contribution >= 4 is 28.9 Å². The Morgan fingerprint density at radius 3 is 2.09 bits per heavy atom. The van der Waals surface area contributed by atoms with Gasteiger partial charge in [-0.3, -0.25) is 24.0 Å². The van der Waals surface area contributed by atoms with Gasteiger partial charge in [-0.05, 0) is 66.4 Å². The lowest BCUT2D eigenvalue weighted by molar-refractivity contribution is -0.126. The Labute approximate surface area is 266 Å². The van der Waals surface area contributed by atoms with E-state index in [9.17, 15) is 14.9 Å². The molecule has 1 aliphatic rings. The van der Waals surface area contributed by atoms with Crippen LogP contribution in [0.25, 0.3) is 17.3 Å². The summed E-state index contributed by atoms with van der Waals surface area (Å²) in [5, 5.41) is 10.4. The van der Waals surface area contributed by atoms with Gasteiger partial charge in [0.15, 0.2) is 5.57 Å². The number of rotatable bonds is 6. The molecule has 5 aromatic rings. The Morgan fingerprint density at radius 2 is 1.51 bits per heavy atom. The van der Waals surface area contributed by atoms with E-state index >= 15 is 0 Å². The summed E-state index contributed by atoms with van der Waals surface area (Å²) in [6, 6.07) is 34.2. The summed E-state index contributed by atoms with van der Waals surface area (Å²) in [4.78, 5) is 36.4. The van der Waals surface area contributed by atoms with Crippen molar-refractivity contribution in [3.63, 3.8) is 0 Å². The zero-order valence-corrected chi connectivity index (χ0v) is 26.1. The molecule has 1 amide bonds. The molecule has 8 heteroatoms. The lowest BCUT2D eigenvalue weighted by Crippen LogP contribution is -2.50. The monoisotopic (exact) mass is 611 g/mol. The number of benzene rings is 3. The fourth-order valence-electron chi connectivity index (χ4n) is 5.76. The molecule has 0 unspecified atom stereocenters. The summed E-state index contributed by atoms with van der Waals surface area (Å²) in [7, 11) is 0. The van der Waals surface area contributed by atoms with Crippen molar-refractivity contribution in [3.8, 4) is 11.8 Å². The summed E-state index contributed by atoms with van der Waals surface area (Å²) in [5.41, 5.74) is 5.41. The average molecular weight is 612 g/mol. The van der Waals surface area contributed by atoms with Gasteiger partial charge in [-0.2, -0.15) is 5.26 Å². The number of pyridine rings is 1. The van der Waals surface area contributed by atoms with Crippen LogP contribution in [0, 0.1) is 25.2 Å². The van der Waals surface area contributed by atoms with E-state index in [4.69, 9.17) is 0 Å². The SMILES string of the molecule is Cc1ccc(-n2c(=O)/c(=C\c3ccccn3)s/c2=C(/C#N)C(=O)N2CCN(C(c3ccccc3)c3ccccc3)CC2)cc1C. The molecule has 0 bridgehead atoms. The van der Waals surface area contributed by atoms with Crippen LogP contribution in [0.1, 0.15) is 34.0 Å². The van der Waals surface area contributed by atoms with Gasteiger partial charge in [-0.25, -0.2) is 0 Å². The van der Waals surface area contributed by atoms with Gasteiger partial charge in [0.25, 0.3) is 11.5 Å². The van der Waals surface area contributed by atoms with Crippen molar-refractivity contribution in [2.75, 3.05) is 26.2 Å². The molecule has 0 saturated carbocycles. The Morgan fingerprint density at radius 1 is 0.867 bits per heavy atom. The van der Waals surface area contributed by atoms with E-state index in [0.717, 1.165) is 22.5 Å². The van der Waals surface area contributed by atoms with Crippen LogP contribution in [0.2, 0.25) is 0 Å². The number of nitriles is 1. The molecule has 0 atom stereocenters. The van der Waals surface area contributed by atoms with E-state index in [1.165, 1.54) is 15.7 Å². The summed E-state index contributed by atoms with van der Waals surface area (Å²) >= 11 is 1.15. The molecule has 2 aromatic heterocycles. The lowest BCUT2D eigenvalue weighted by Gasteiger charge is -2.39. The van der Waals surface area contributed by atoms with E-state index in [-0.39, 0.29) is 23.1 Å². The molecule has 1 fully saturated rings. The van der Waals surface area contributed by atoms with Crippen molar-refractivity contribution in [3.05, 3.63) is 151 Å². The van der Waals surface area contributed by atoms with Gasteiger partial charge in [0, 0.05) is 32.4 Å². The van der Waals surface area contributed by atoms with Gasteiger partial charge >= 0.3 is 0 Å². The molecular formula is C37H33N5O2S. The molecule has 1 aliphatic heterocycles. The summed E-state index contributed by atoms with van der Waals surface area (Å²) in [6.45, 7) is 6.21. The number of hydrogen-bond donors (Lipinski definition) is 0. The van der Waals surface area contributed by atoms with Crippen LogP contribution in [-0.4, -0.2) is 51.4 Å². The van der Waals surface area contributed by atoms with E-state index in [2.05, 4.69) is 64.5 Å². The van der Waals surface area contributed by atoms with Gasteiger partial charge in [0.1, 0.15) is 10.7 Å². The summed E-state index contributed by atoms with van der Waals surface area (Å²) < 4.78 is 2.23. The van der Waals surface area contributed by atoms with E-state index in [0.29, 0.717) is 46.8 Å². The van der Waals surface area contributed by atoms with Crippen molar-refractivity contribution in [2.45, 2.75) is 19.9 Å². The third kappa shape index (κ3) is 6.27. The number of piperazine rings is 1. The molecule has 7 nitrogen and oxygen atoms in total. The average Bonchev–Trinajstić information content (AvgIpc) is 3.39. The third-order valence-electron chi connectivity index (χ3n) is 8.28. The molecule has 1 saturated heterocycles. The number of carbonyl (C=O) groups excluding carboxylic acids is 1.